The highest BCUT2D eigenvalue weighted by Gasteiger charge is 2.30. The van der Waals surface area contributed by atoms with Gasteiger partial charge in [-0.1, -0.05) is 73.1 Å². The van der Waals surface area contributed by atoms with E-state index in [1.54, 1.807) is 17.0 Å². The average molecular weight is 598 g/mol. The summed E-state index contributed by atoms with van der Waals surface area (Å²) in [6, 6.07) is 21.6. The second-order valence-electron chi connectivity index (χ2n) is 10.3. The predicted molar refractivity (Wildman–Crippen MR) is 167 cm³/mol. The van der Waals surface area contributed by atoms with Gasteiger partial charge in [-0.25, -0.2) is 8.42 Å². The Balaban J connectivity index is 1.88. The molecule has 3 aromatic carbocycles. The highest BCUT2D eigenvalue weighted by atomic mass is 35.5. The number of halogens is 1. The van der Waals surface area contributed by atoms with Crippen LogP contribution in [-0.4, -0.2) is 50.5 Å². The lowest BCUT2D eigenvalue weighted by molar-refractivity contribution is -0.141. The van der Waals surface area contributed by atoms with E-state index in [9.17, 15) is 18.0 Å². The minimum Gasteiger partial charge on any atom is -0.354 e. The molecule has 2 amide bonds. The summed E-state index contributed by atoms with van der Waals surface area (Å²) in [6.45, 7) is 6.67. The number of sulfonamides is 1. The molecule has 3 rings (SSSR count). The fourth-order valence-corrected chi connectivity index (χ4v) is 5.77. The van der Waals surface area contributed by atoms with E-state index in [1.165, 1.54) is 10.6 Å². The number of carbonyl (C=O) groups is 2. The van der Waals surface area contributed by atoms with E-state index in [1.807, 2.05) is 81.4 Å². The van der Waals surface area contributed by atoms with E-state index in [0.717, 1.165) is 28.7 Å². The smallest absolute Gasteiger partial charge is 0.243 e. The Bertz CT molecular complexity index is 1430. The summed E-state index contributed by atoms with van der Waals surface area (Å²) in [4.78, 5) is 28.9. The molecule has 0 spiro atoms. The van der Waals surface area contributed by atoms with Crippen LogP contribution in [0.1, 0.15) is 48.4 Å². The molecule has 0 unspecified atom stereocenters. The van der Waals surface area contributed by atoms with Crippen LogP contribution >= 0.6 is 11.6 Å². The lowest BCUT2D eigenvalue weighted by atomic mass is 10.0. The summed E-state index contributed by atoms with van der Waals surface area (Å²) >= 11 is 6.48. The molecule has 1 atom stereocenters. The Morgan fingerprint density at radius 3 is 2.27 bits per heavy atom. The molecule has 0 saturated carbocycles. The van der Waals surface area contributed by atoms with Crippen molar-refractivity contribution in [1.82, 2.24) is 10.2 Å². The Morgan fingerprint density at radius 2 is 1.63 bits per heavy atom. The number of carbonyl (C=O) groups excluding carboxylic acids is 2. The predicted octanol–water partition coefficient (Wildman–Crippen LogP) is 5.67. The molecule has 0 aromatic heterocycles. The third-order valence-electron chi connectivity index (χ3n) is 7.05. The van der Waals surface area contributed by atoms with Crippen LogP contribution in [0.4, 0.5) is 5.69 Å². The van der Waals surface area contributed by atoms with Gasteiger partial charge in [0.2, 0.25) is 21.8 Å². The van der Waals surface area contributed by atoms with Crippen LogP contribution in [-0.2, 0) is 32.6 Å². The van der Waals surface area contributed by atoms with Crippen molar-refractivity contribution in [1.29, 1.82) is 0 Å². The summed E-state index contributed by atoms with van der Waals surface area (Å²) in [5.74, 6) is -0.477. The van der Waals surface area contributed by atoms with Crippen molar-refractivity contribution in [2.75, 3.05) is 23.7 Å². The quantitative estimate of drug-likeness (QED) is 0.259. The molecule has 0 heterocycles. The van der Waals surface area contributed by atoms with E-state index in [2.05, 4.69) is 5.32 Å². The van der Waals surface area contributed by atoms with Crippen molar-refractivity contribution < 1.29 is 18.0 Å². The zero-order valence-electron chi connectivity index (χ0n) is 24.3. The average Bonchev–Trinajstić information content (AvgIpc) is 2.94. The van der Waals surface area contributed by atoms with Crippen molar-refractivity contribution in [2.45, 2.75) is 59.0 Å². The summed E-state index contributed by atoms with van der Waals surface area (Å²) < 4.78 is 26.7. The van der Waals surface area contributed by atoms with Crippen molar-refractivity contribution in [3.05, 3.63) is 100 Å². The maximum absolute atomic E-state index is 13.9. The molecular formula is C32H40ClN3O4S. The van der Waals surface area contributed by atoms with E-state index in [4.69, 9.17) is 11.6 Å². The molecule has 0 radical (unpaired) electrons. The molecule has 3 aromatic rings. The Hall–Kier alpha value is -3.36. The molecule has 0 aliphatic rings. The molecule has 0 bridgehead atoms. The lowest BCUT2D eigenvalue weighted by Crippen LogP contribution is -2.50. The van der Waals surface area contributed by atoms with Crippen LogP contribution in [0, 0.1) is 13.8 Å². The van der Waals surface area contributed by atoms with Crippen LogP contribution in [0.2, 0.25) is 5.02 Å². The van der Waals surface area contributed by atoms with Gasteiger partial charge < -0.3 is 10.2 Å². The van der Waals surface area contributed by atoms with Gasteiger partial charge in [-0.15, -0.1) is 0 Å². The zero-order chi connectivity index (χ0) is 30.0. The number of hydrogen-bond donors (Lipinski definition) is 1. The van der Waals surface area contributed by atoms with E-state index in [-0.39, 0.29) is 37.7 Å². The van der Waals surface area contributed by atoms with Gasteiger partial charge in [0, 0.05) is 37.5 Å². The van der Waals surface area contributed by atoms with Crippen LogP contribution in [0.5, 0.6) is 0 Å². The fourth-order valence-electron chi connectivity index (χ4n) is 4.61. The Morgan fingerprint density at radius 1 is 0.951 bits per heavy atom. The first-order chi connectivity index (χ1) is 19.5. The Labute approximate surface area is 249 Å². The van der Waals surface area contributed by atoms with Crippen LogP contribution in [0.25, 0.3) is 0 Å². The van der Waals surface area contributed by atoms with E-state index < -0.39 is 16.1 Å². The summed E-state index contributed by atoms with van der Waals surface area (Å²) in [7, 11) is -3.57. The number of amides is 2. The number of benzene rings is 3. The van der Waals surface area contributed by atoms with Gasteiger partial charge in [0.05, 0.1) is 11.9 Å². The molecule has 9 heteroatoms. The first kappa shape index (κ1) is 32.2. The van der Waals surface area contributed by atoms with E-state index >= 15 is 0 Å². The van der Waals surface area contributed by atoms with Gasteiger partial charge >= 0.3 is 0 Å². The molecule has 41 heavy (non-hydrogen) atoms. The maximum Gasteiger partial charge on any atom is 0.243 e. The SMILES string of the molecule is CCCNC(=O)[C@@H](Cc1ccccc1)N(Cc1ccccc1Cl)C(=O)CCCN(c1ccc(C)c(C)c1)S(C)(=O)=O. The zero-order valence-corrected chi connectivity index (χ0v) is 25.8. The van der Waals surface area contributed by atoms with Crippen molar-refractivity contribution >= 4 is 39.1 Å². The van der Waals surface area contributed by atoms with Gasteiger partial charge in [0.1, 0.15) is 6.04 Å². The third-order valence-corrected chi connectivity index (χ3v) is 8.61. The van der Waals surface area contributed by atoms with Crippen LogP contribution in [0.15, 0.2) is 72.8 Å². The number of rotatable bonds is 14. The summed E-state index contributed by atoms with van der Waals surface area (Å²) in [6.07, 6.45) is 2.62. The lowest BCUT2D eigenvalue weighted by Gasteiger charge is -2.32. The van der Waals surface area contributed by atoms with Gasteiger partial charge in [-0.05, 0) is 67.1 Å². The van der Waals surface area contributed by atoms with Crippen LogP contribution in [0.3, 0.4) is 0 Å². The fraction of sp³-hybridized carbons (Fsp3) is 0.375. The monoisotopic (exact) mass is 597 g/mol. The second kappa shape index (κ2) is 15.0. The number of aryl methyl sites for hydroxylation is 2. The number of nitrogens with one attached hydrogen (secondary N) is 1. The van der Waals surface area contributed by atoms with Crippen molar-refractivity contribution in [2.24, 2.45) is 0 Å². The van der Waals surface area contributed by atoms with E-state index in [0.29, 0.717) is 23.7 Å². The third kappa shape index (κ3) is 9.33. The molecule has 1 N–H and O–H groups in total. The molecule has 7 nitrogen and oxygen atoms in total. The maximum atomic E-state index is 13.9. The van der Waals surface area contributed by atoms with Crippen LogP contribution < -0.4 is 9.62 Å². The summed E-state index contributed by atoms with van der Waals surface area (Å²) in [5, 5.41) is 3.47. The van der Waals surface area contributed by atoms with Crippen molar-refractivity contribution in [3.8, 4) is 0 Å². The highest BCUT2D eigenvalue weighted by Crippen LogP contribution is 2.24. The first-order valence-electron chi connectivity index (χ1n) is 13.9. The highest BCUT2D eigenvalue weighted by molar-refractivity contribution is 7.92. The molecule has 0 saturated heterocycles. The second-order valence-corrected chi connectivity index (χ2v) is 12.6. The minimum atomic E-state index is -3.57. The Kier molecular flexibility index (Phi) is 11.8. The standard InChI is InChI=1S/C32H40ClN3O4S/c1-5-19-34-32(38)30(22-26-12-7-6-8-13-26)35(23-27-14-9-10-15-29(27)33)31(37)16-11-20-36(41(4,39)40)28-18-17-24(2)25(3)21-28/h6-10,12-15,17-18,21,30H,5,11,16,19-20,22-23H2,1-4H3,(H,34,38)/t30-/m1/s1. The largest absolute Gasteiger partial charge is 0.354 e. The first-order valence-corrected chi connectivity index (χ1v) is 16.1. The van der Waals surface area contributed by atoms with Crippen molar-refractivity contribution in [3.63, 3.8) is 0 Å². The number of anilines is 1. The molecule has 0 aliphatic heterocycles. The number of nitrogens with zero attached hydrogens (tertiary/aromatic N) is 2. The number of hydrogen-bond acceptors (Lipinski definition) is 4. The normalized spacial score (nSPS) is 12.0. The minimum absolute atomic E-state index is 0.0632. The van der Waals surface area contributed by atoms with Gasteiger partial charge in [0.25, 0.3) is 0 Å². The topological polar surface area (TPSA) is 86.8 Å². The molecule has 0 aliphatic carbocycles. The van der Waals surface area contributed by atoms with Gasteiger partial charge in [-0.3, -0.25) is 13.9 Å². The van der Waals surface area contributed by atoms with Gasteiger partial charge in [-0.2, -0.15) is 0 Å². The summed E-state index contributed by atoms with van der Waals surface area (Å²) in [5.41, 5.74) is 4.28. The molecular weight excluding hydrogens is 558 g/mol. The van der Waals surface area contributed by atoms with Gasteiger partial charge in [0.15, 0.2) is 0 Å². The molecule has 0 fully saturated rings. The molecule has 220 valence electrons.